The Morgan fingerprint density at radius 2 is 1.05 bits per heavy atom. The van der Waals surface area contributed by atoms with Gasteiger partial charge in [0.25, 0.3) is 0 Å². The second kappa shape index (κ2) is 18.9. The lowest BCUT2D eigenvalue weighted by Crippen LogP contribution is -2.33. The SMILES string of the molecule is C=CC1=C(/C=C\CCc2cccc(N(c3ccc(-c4ccc5oc6ccccc6c5c4)cc3)c3ccc4c(c3)C(C)(C)c3ccccc3-4)c2)c2ccccc2C12c1ccc3ccccc3c1Oc1c2ccc2ccccc12.CC. The molecule has 2 heterocycles. The van der Waals surface area contributed by atoms with Crippen LogP contribution in [0.15, 0.2) is 265 Å². The Kier molecular flexibility index (Phi) is 11.5. The number of anilines is 3. The van der Waals surface area contributed by atoms with Crippen molar-refractivity contribution in [3.63, 3.8) is 0 Å². The molecule has 0 amide bonds. The quantitative estimate of drug-likeness (QED) is 0.144. The first-order valence-electron chi connectivity index (χ1n) is 27.9. The van der Waals surface area contributed by atoms with Gasteiger partial charge in [-0.3, -0.25) is 0 Å². The van der Waals surface area contributed by atoms with Crippen LogP contribution < -0.4 is 9.64 Å². The summed E-state index contributed by atoms with van der Waals surface area (Å²) in [7, 11) is 0. The number of fused-ring (bicyclic) bond motifs is 16. The molecule has 380 valence electrons. The van der Waals surface area contributed by atoms with Gasteiger partial charge in [0.15, 0.2) is 0 Å². The molecule has 1 aromatic heterocycles. The standard InChI is InChI=1S/C74H53NO2.C2H6/c1-4-63-57(59-27-12-15-30-65(59)74(63)66-41-34-49-20-6-9-23-55(49)71(66)77-72-56-24-10-7-21-50(56)35-42-67(72)74)25-8-5-18-47-19-17-22-53(44-47)75(54-39-40-60-58-26-11-14-29-64(58)73(2,3)68(60)46-54)52-37-32-48(33-38-52)51-36-43-70-62(45-51)61-28-13-16-31-69(61)76-70;1-2/h4,6-17,19-46H,1,5,18H2,2-3H3;1-2H3/b25-8-;. The van der Waals surface area contributed by atoms with E-state index in [1.165, 1.54) is 50.1 Å². The molecule has 3 aliphatic rings. The van der Waals surface area contributed by atoms with Crippen LogP contribution >= 0.6 is 0 Å². The Bertz CT molecular complexity index is 4400. The summed E-state index contributed by atoms with van der Waals surface area (Å²) in [6.45, 7) is 13.3. The molecule has 0 N–H and O–H groups in total. The fourth-order valence-corrected chi connectivity index (χ4v) is 13.4. The van der Waals surface area contributed by atoms with Gasteiger partial charge in [0, 0.05) is 55.1 Å². The van der Waals surface area contributed by atoms with Crippen LogP contribution in [0.25, 0.3) is 71.3 Å². The molecule has 15 rings (SSSR count). The minimum absolute atomic E-state index is 0.137. The molecule has 3 nitrogen and oxygen atoms in total. The van der Waals surface area contributed by atoms with Gasteiger partial charge >= 0.3 is 0 Å². The lowest BCUT2D eigenvalue weighted by atomic mass is 9.64. The largest absolute Gasteiger partial charge is 0.456 e. The van der Waals surface area contributed by atoms with E-state index in [1.54, 1.807) is 0 Å². The predicted molar refractivity (Wildman–Crippen MR) is 332 cm³/mol. The van der Waals surface area contributed by atoms with Crippen molar-refractivity contribution in [1.29, 1.82) is 0 Å². The number of aryl methyl sites for hydroxylation is 1. The fraction of sp³-hybridized carbons (Fsp3) is 0.105. The minimum Gasteiger partial charge on any atom is -0.456 e. The zero-order chi connectivity index (χ0) is 53.4. The molecular formula is C76H59NO2. The Hall–Kier alpha value is -9.44. The van der Waals surface area contributed by atoms with Crippen LogP contribution in [0.3, 0.4) is 0 Å². The number of furan rings is 1. The van der Waals surface area contributed by atoms with E-state index in [1.807, 2.05) is 26.0 Å². The fourth-order valence-electron chi connectivity index (χ4n) is 13.4. The van der Waals surface area contributed by atoms with E-state index < -0.39 is 5.41 Å². The molecule has 0 fully saturated rings. The molecule has 1 aliphatic heterocycles. The van der Waals surface area contributed by atoms with E-state index in [-0.39, 0.29) is 5.41 Å². The molecule has 11 aromatic carbocycles. The van der Waals surface area contributed by atoms with Crippen LogP contribution in [0.1, 0.15) is 73.1 Å². The zero-order valence-corrected chi connectivity index (χ0v) is 45.1. The van der Waals surface area contributed by atoms with Crippen molar-refractivity contribution in [3.05, 3.63) is 300 Å². The van der Waals surface area contributed by atoms with Gasteiger partial charge in [-0.25, -0.2) is 0 Å². The maximum atomic E-state index is 7.17. The smallest absolute Gasteiger partial charge is 0.140 e. The van der Waals surface area contributed by atoms with Crippen LogP contribution in [-0.4, -0.2) is 0 Å². The first-order valence-corrected chi connectivity index (χ1v) is 27.9. The minimum atomic E-state index is -0.636. The number of para-hydroxylation sites is 1. The highest BCUT2D eigenvalue weighted by Crippen LogP contribution is 2.63. The average molecular weight is 1020 g/mol. The van der Waals surface area contributed by atoms with E-state index in [4.69, 9.17) is 9.15 Å². The van der Waals surface area contributed by atoms with Crippen molar-refractivity contribution in [2.75, 3.05) is 4.90 Å². The second-order valence-electron chi connectivity index (χ2n) is 21.5. The molecule has 0 saturated carbocycles. The first kappa shape index (κ1) is 48.0. The van der Waals surface area contributed by atoms with E-state index in [9.17, 15) is 0 Å². The van der Waals surface area contributed by atoms with Gasteiger partial charge in [-0.15, -0.1) is 0 Å². The van der Waals surface area contributed by atoms with E-state index >= 15 is 0 Å². The topological polar surface area (TPSA) is 25.6 Å². The third-order valence-corrected chi connectivity index (χ3v) is 17.0. The van der Waals surface area contributed by atoms with Gasteiger partial charge in [0.2, 0.25) is 0 Å². The molecule has 3 heteroatoms. The predicted octanol–water partition coefficient (Wildman–Crippen LogP) is 20.9. The maximum Gasteiger partial charge on any atom is 0.140 e. The molecule has 79 heavy (non-hydrogen) atoms. The summed E-state index contributed by atoms with van der Waals surface area (Å²) in [6, 6.07) is 84.1. The molecule has 0 saturated heterocycles. The molecule has 0 atom stereocenters. The summed E-state index contributed by atoms with van der Waals surface area (Å²) < 4.78 is 13.4. The summed E-state index contributed by atoms with van der Waals surface area (Å²) in [4.78, 5) is 2.43. The number of hydrogen-bond acceptors (Lipinski definition) is 3. The molecule has 0 radical (unpaired) electrons. The highest BCUT2D eigenvalue weighted by molar-refractivity contribution is 6.06. The van der Waals surface area contributed by atoms with Gasteiger partial charge in [-0.2, -0.15) is 0 Å². The number of rotatable bonds is 9. The van der Waals surface area contributed by atoms with Crippen LogP contribution in [0, 0.1) is 0 Å². The van der Waals surface area contributed by atoms with E-state index in [0.29, 0.717) is 0 Å². The summed E-state index contributed by atoms with van der Waals surface area (Å²) in [5, 5.41) is 6.78. The number of nitrogens with zero attached hydrogens (tertiary/aromatic N) is 1. The number of allylic oxidation sites excluding steroid dienone is 5. The van der Waals surface area contributed by atoms with Gasteiger partial charge in [0.1, 0.15) is 22.7 Å². The van der Waals surface area contributed by atoms with Crippen molar-refractivity contribution in [2.24, 2.45) is 0 Å². The van der Waals surface area contributed by atoms with Crippen LogP contribution in [0.5, 0.6) is 11.5 Å². The van der Waals surface area contributed by atoms with E-state index in [2.05, 4.69) is 262 Å². The van der Waals surface area contributed by atoms with Gasteiger partial charge < -0.3 is 14.1 Å². The number of benzene rings is 11. The summed E-state index contributed by atoms with van der Waals surface area (Å²) in [5.74, 6) is 1.82. The summed E-state index contributed by atoms with van der Waals surface area (Å²) >= 11 is 0. The number of ether oxygens (including phenoxy) is 1. The average Bonchev–Trinajstić information content (AvgIpc) is 2.90. The zero-order valence-electron chi connectivity index (χ0n) is 45.1. The third-order valence-electron chi connectivity index (χ3n) is 17.0. The normalized spacial score (nSPS) is 14.2. The molecule has 0 bridgehead atoms. The Labute approximate surface area is 462 Å². The summed E-state index contributed by atoms with van der Waals surface area (Å²) in [6.07, 6.45) is 8.55. The van der Waals surface area contributed by atoms with Crippen molar-refractivity contribution in [2.45, 2.75) is 51.4 Å². The molecule has 2 aliphatic carbocycles. The second-order valence-corrected chi connectivity index (χ2v) is 21.5. The molecular weight excluding hydrogens is 959 g/mol. The van der Waals surface area contributed by atoms with Crippen molar-refractivity contribution in [1.82, 2.24) is 0 Å². The monoisotopic (exact) mass is 1020 g/mol. The van der Waals surface area contributed by atoms with Gasteiger partial charge in [0.05, 0.1) is 5.41 Å². The third kappa shape index (κ3) is 7.40. The highest BCUT2D eigenvalue weighted by Gasteiger charge is 2.52. The molecule has 12 aromatic rings. The van der Waals surface area contributed by atoms with Crippen LogP contribution in [0.2, 0.25) is 0 Å². The van der Waals surface area contributed by atoms with Crippen molar-refractivity contribution < 1.29 is 9.15 Å². The molecule has 0 unspecified atom stereocenters. The van der Waals surface area contributed by atoms with E-state index in [0.717, 1.165) is 107 Å². The van der Waals surface area contributed by atoms with Gasteiger partial charge in [-0.05, 0) is 139 Å². The Morgan fingerprint density at radius 3 is 1.78 bits per heavy atom. The summed E-state index contributed by atoms with van der Waals surface area (Å²) in [5.41, 5.74) is 20.5. The maximum absolute atomic E-state index is 7.17. The lowest BCUT2D eigenvalue weighted by molar-refractivity contribution is 0.446. The van der Waals surface area contributed by atoms with Crippen LogP contribution in [0.4, 0.5) is 17.1 Å². The number of hydrogen-bond donors (Lipinski definition) is 0. The molecule has 1 spiro atoms. The van der Waals surface area contributed by atoms with Crippen molar-refractivity contribution >= 4 is 66.1 Å². The van der Waals surface area contributed by atoms with Crippen LogP contribution in [-0.2, 0) is 17.3 Å². The first-order chi connectivity index (χ1) is 38.9. The Balaban J connectivity index is 0.00000279. The van der Waals surface area contributed by atoms with Gasteiger partial charge in [-0.1, -0.05) is 228 Å². The lowest BCUT2D eigenvalue weighted by Gasteiger charge is -2.41. The Morgan fingerprint density at radius 1 is 0.456 bits per heavy atom. The van der Waals surface area contributed by atoms with Crippen molar-refractivity contribution in [3.8, 4) is 33.8 Å². The highest BCUT2D eigenvalue weighted by atomic mass is 16.5.